The number of thioether (sulfide) groups is 1. The molecule has 76 valence electrons. The molecule has 0 aliphatic heterocycles. The van der Waals surface area contributed by atoms with Gasteiger partial charge in [-0.3, -0.25) is 4.79 Å². The molecule has 0 atom stereocenters. The van der Waals surface area contributed by atoms with Crippen molar-refractivity contribution in [1.82, 2.24) is 0 Å². The molecule has 0 bridgehead atoms. The third-order valence-corrected chi connectivity index (χ3v) is 2.41. The van der Waals surface area contributed by atoms with Crippen LogP contribution in [0.5, 0.6) is 0 Å². The largest absolute Gasteiger partial charge is 0.366 e. The Kier molecular flexibility index (Phi) is 3.46. The topological polar surface area (TPSA) is 43.1 Å². The molecule has 1 rings (SSSR count). The summed E-state index contributed by atoms with van der Waals surface area (Å²) in [4.78, 5) is 11.4. The average Bonchev–Trinajstić information content (AvgIpc) is 2.16. The van der Waals surface area contributed by atoms with E-state index in [-0.39, 0.29) is 11.1 Å². The van der Waals surface area contributed by atoms with Crippen LogP contribution in [0.3, 0.4) is 0 Å². The molecular formula is C9H9F2NOS. The predicted octanol–water partition coefficient (Wildman–Crippen LogP) is 2.45. The number of carbonyl (C=O) groups is 1. The Bertz CT molecular complexity index is 355. The van der Waals surface area contributed by atoms with Crippen LogP contribution in [-0.2, 0) is 0 Å². The van der Waals surface area contributed by atoms with E-state index >= 15 is 0 Å². The Morgan fingerprint density at radius 1 is 1.43 bits per heavy atom. The Hall–Kier alpha value is -1.10. The summed E-state index contributed by atoms with van der Waals surface area (Å²) in [5.74, 6) is -0.692. The van der Waals surface area contributed by atoms with Crippen molar-refractivity contribution in [2.75, 3.05) is 6.26 Å². The number of hydrogen-bond donors (Lipinski definition) is 1. The number of alkyl halides is 2. The number of rotatable bonds is 3. The van der Waals surface area contributed by atoms with Crippen LogP contribution in [0.2, 0.25) is 0 Å². The van der Waals surface area contributed by atoms with E-state index in [9.17, 15) is 13.6 Å². The normalized spacial score (nSPS) is 10.6. The van der Waals surface area contributed by atoms with Gasteiger partial charge in [-0.1, -0.05) is 0 Å². The van der Waals surface area contributed by atoms with Crippen molar-refractivity contribution in [2.45, 2.75) is 11.3 Å². The highest BCUT2D eigenvalue weighted by atomic mass is 32.2. The Balaban J connectivity index is 3.20. The number of nitrogens with two attached hydrogens (primary N) is 1. The smallest absolute Gasteiger partial charge is 0.263 e. The first-order valence-corrected chi connectivity index (χ1v) is 5.04. The Morgan fingerprint density at radius 2 is 2.07 bits per heavy atom. The molecular weight excluding hydrogens is 208 g/mol. The second-order valence-corrected chi connectivity index (χ2v) is 3.54. The second kappa shape index (κ2) is 4.41. The molecule has 0 saturated carbocycles. The minimum Gasteiger partial charge on any atom is -0.366 e. The zero-order valence-electron chi connectivity index (χ0n) is 7.46. The van der Waals surface area contributed by atoms with Crippen LogP contribution in [0.1, 0.15) is 22.3 Å². The van der Waals surface area contributed by atoms with Crippen molar-refractivity contribution in [3.05, 3.63) is 29.3 Å². The average molecular weight is 217 g/mol. The molecule has 14 heavy (non-hydrogen) atoms. The van der Waals surface area contributed by atoms with Crippen LogP contribution >= 0.6 is 11.8 Å². The van der Waals surface area contributed by atoms with Crippen molar-refractivity contribution in [3.63, 3.8) is 0 Å². The molecule has 2 nitrogen and oxygen atoms in total. The van der Waals surface area contributed by atoms with Crippen molar-refractivity contribution in [3.8, 4) is 0 Å². The van der Waals surface area contributed by atoms with Gasteiger partial charge < -0.3 is 5.73 Å². The fourth-order valence-electron chi connectivity index (χ4n) is 1.01. The summed E-state index contributed by atoms with van der Waals surface area (Å²) < 4.78 is 24.7. The predicted molar refractivity (Wildman–Crippen MR) is 51.7 cm³/mol. The molecule has 0 fully saturated rings. The van der Waals surface area contributed by atoms with Gasteiger partial charge in [-0.15, -0.1) is 11.8 Å². The van der Waals surface area contributed by atoms with Gasteiger partial charge in [-0.25, -0.2) is 8.78 Å². The van der Waals surface area contributed by atoms with Crippen LogP contribution in [-0.4, -0.2) is 12.2 Å². The molecule has 2 N–H and O–H groups in total. The number of primary amides is 1. The number of benzene rings is 1. The molecule has 0 spiro atoms. The molecule has 0 saturated heterocycles. The van der Waals surface area contributed by atoms with Gasteiger partial charge in [0, 0.05) is 16.0 Å². The van der Waals surface area contributed by atoms with Gasteiger partial charge in [-0.2, -0.15) is 0 Å². The number of amides is 1. The van der Waals surface area contributed by atoms with E-state index in [0.717, 1.165) is 6.07 Å². The summed E-state index contributed by atoms with van der Waals surface area (Å²) in [6, 6.07) is 3.97. The quantitative estimate of drug-likeness (QED) is 0.790. The maximum Gasteiger partial charge on any atom is 0.263 e. The van der Waals surface area contributed by atoms with E-state index in [1.807, 2.05) is 0 Å². The summed E-state index contributed by atoms with van der Waals surface area (Å²) in [6.07, 6.45) is -0.838. The van der Waals surface area contributed by atoms with Crippen LogP contribution in [0, 0.1) is 0 Å². The third-order valence-electron chi connectivity index (χ3n) is 1.70. The van der Waals surface area contributed by atoms with Crippen molar-refractivity contribution >= 4 is 17.7 Å². The molecule has 0 aliphatic rings. The highest BCUT2D eigenvalue weighted by Crippen LogP contribution is 2.25. The lowest BCUT2D eigenvalue weighted by atomic mass is 10.1. The van der Waals surface area contributed by atoms with E-state index in [1.54, 1.807) is 6.26 Å². The highest BCUT2D eigenvalue weighted by molar-refractivity contribution is 7.98. The summed E-state index contributed by atoms with van der Waals surface area (Å²) >= 11 is 1.29. The Labute approximate surface area is 84.5 Å². The minimum atomic E-state index is -2.58. The van der Waals surface area contributed by atoms with E-state index < -0.39 is 12.3 Å². The summed E-state index contributed by atoms with van der Waals surface area (Å²) in [5, 5.41) is 0. The monoisotopic (exact) mass is 217 g/mol. The summed E-state index contributed by atoms with van der Waals surface area (Å²) in [5.41, 5.74) is 4.96. The Morgan fingerprint density at radius 3 is 2.50 bits per heavy atom. The third kappa shape index (κ3) is 2.45. The molecule has 0 radical (unpaired) electrons. The molecule has 5 heteroatoms. The number of carbonyl (C=O) groups excluding carboxylic acids is 1. The first-order valence-electron chi connectivity index (χ1n) is 3.81. The fourth-order valence-corrected chi connectivity index (χ4v) is 1.51. The summed E-state index contributed by atoms with van der Waals surface area (Å²) in [6.45, 7) is 0. The van der Waals surface area contributed by atoms with Crippen LogP contribution in [0.15, 0.2) is 23.1 Å². The molecule has 0 heterocycles. The lowest BCUT2D eigenvalue weighted by Crippen LogP contribution is -2.11. The van der Waals surface area contributed by atoms with Gasteiger partial charge in [0.05, 0.1) is 0 Å². The molecule has 1 aromatic rings. The van der Waals surface area contributed by atoms with E-state index in [4.69, 9.17) is 5.73 Å². The second-order valence-electron chi connectivity index (χ2n) is 2.66. The zero-order valence-corrected chi connectivity index (χ0v) is 8.28. The highest BCUT2D eigenvalue weighted by Gasteiger charge is 2.11. The van der Waals surface area contributed by atoms with Crippen LogP contribution in [0.4, 0.5) is 8.78 Å². The maximum absolute atomic E-state index is 12.4. The first kappa shape index (κ1) is 11.0. The van der Waals surface area contributed by atoms with Crippen molar-refractivity contribution in [2.24, 2.45) is 5.73 Å². The lowest BCUT2D eigenvalue weighted by molar-refractivity contribution is 0.0999. The van der Waals surface area contributed by atoms with Gasteiger partial charge in [0.25, 0.3) is 6.43 Å². The fraction of sp³-hybridized carbons (Fsp3) is 0.222. The number of hydrogen-bond acceptors (Lipinski definition) is 2. The van der Waals surface area contributed by atoms with Crippen molar-refractivity contribution in [1.29, 1.82) is 0 Å². The zero-order chi connectivity index (χ0) is 10.7. The SMILES string of the molecule is CSc1cc(C(N)=O)cc(C(F)F)c1. The molecule has 1 aromatic carbocycles. The molecule has 0 aliphatic carbocycles. The number of halogens is 2. The van der Waals surface area contributed by atoms with Gasteiger partial charge in [-0.05, 0) is 24.5 Å². The summed E-state index contributed by atoms with van der Waals surface area (Å²) in [7, 11) is 0. The van der Waals surface area contributed by atoms with Gasteiger partial charge in [0.2, 0.25) is 5.91 Å². The first-order chi connectivity index (χ1) is 6.54. The minimum absolute atomic E-state index is 0.118. The maximum atomic E-state index is 12.4. The van der Waals surface area contributed by atoms with E-state index in [0.29, 0.717) is 4.90 Å². The van der Waals surface area contributed by atoms with E-state index in [2.05, 4.69) is 0 Å². The molecule has 0 unspecified atom stereocenters. The standard InChI is InChI=1S/C9H9F2NOS/c1-14-7-3-5(8(10)11)2-6(4-7)9(12)13/h2-4,8H,1H3,(H2,12,13). The van der Waals surface area contributed by atoms with E-state index in [1.165, 1.54) is 23.9 Å². The molecule has 0 aromatic heterocycles. The lowest BCUT2D eigenvalue weighted by Gasteiger charge is -2.05. The van der Waals surface area contributed by atoms with Crippen LogP contribution < -0.4 is 5.73 Å². The van der Waals surface area contributed by atoms with Crippen molar-refractivity contribution < 1.29 is 13.6 Å². The van der Waals surface area contributed by atoms with Gasteiger partial charge in [0.1, 0.15) is 0 Å². The van der Waals surface area contributed by atoms with Gasteiger partial charge >= 0.3 is 0 Å². The van der Waals surface area contributed by atoms with Gasteiger partial charge in [0.15, 0.2) is 0 Å². The van der Waals surface area contributed by atoms with Crippen LogP contribution in [0.25, 0.3) is 0 Å². The molecule has 1 amide bonds.